The molecule has 130 valence electrons. The van der Waals surface area contributed by atoms with E-state index in [1.807, 2.05) is 26.0 Å². The molecular formula is C20H20FNO3. The molecule has 0 radical (unpaired) electrons. The first-order valence-corrected chi connectivity index (χ1v) is 8.22. The van der Waals surface area contributed by atoms with E-state index in [1.54, 1.807) is 18.2 Å². The fourth-order valence-corrected chi connectivity index (χ4v) is 3.02. The minimum absolute atomic E-state index is 0.0380. The van der Waals surface area contributed by atoms with Crippen molar-refractivity contribution < 1.29 is 19.0 Å². The molecule has 1 fully saturated rings. The Morgan fingerprint density at radius 1 is 1.28 bits per heavy atom. The lowest BCUT2D eigenvalue weighted by molar-refractivity contribution is -0.156. The molecule has 4 nitrogen and oxygen atoms in total. The summed E-state index contributed by atoms with van der Waals surface area (Å²) in [5.41, 5.74) is 4.33. The van der Waals surface area contributed by atoms with E-state index in [9.17, 15) is 14.3 Å². The molecule has 2 heterocycles. The van der Waals surface area contributed by atoms with Crippen molar-refractivity contribution in [3.63, 3.8) is 0 Å². The van der Waals surface area contributed by atoms with Gasteiger partial charge in [0.25, 0.3) is 0 Å². The molecule has 1 N–H and O–H groups in total. The zero-order valence-corrected chi connectivity index (χ0v) is 14.2. The Morgan fingerprint density at radius 3 is 2.68 bits per heavy atom. The fraction of sp³-hybridized carbons (Fsp3) is 0.300. The molecular weight excluding hydrogens is 321 g/mol. The van der Waals surface area contributed by atoms with Crippen LogP contribution in [0.1, 0.15) is 29.7 Å². The number of cyclic esters (lactones) is 1. The number of aryl methyl sites for hydroxylation is 2. The number of rotatable bonds is 3. The van der Waals surface area contributed by atoms with Crippen LogP contribution in [-0.4, -0.2) is 28.3 Å². The number of pyridine rings is 1. The average Bonchev–Trinajstić information content (AvgIpc) is 2.53. The number of hydrogen-bond donors (Lipinski definition) is 1. The molecule has 0 unspecified atom stereocenters. The number of esters is 1. The van der Waals surface area contributed by atoms with Gasteiger partial charge in [0.1, 0.15) is 11.9 Å². The molecule has 1 aromatic carbocycles. The van der Waals surface area contributed by atoms with Crippen LogP contribution in [0.4, 0.5) is 4.39 Å². The first kappa shape index (κ1) is 17.3. The van der Waals surface area contributed by atoms with Crippen molar-refractivity contribution in [2.75, 3.05) is 0 Å². The predicted octanol–water partition coefficient (Wildman–Crippen LogP) is 3.58. The largest absolute Gasteiger partial charge is 0.458 e. The van der Waals surface area contributed by atoms with Crippen LogP contribution < -0.4 is 0 Å². The summed E-state index contributed by atoms with van der Waals surface area (Å²) in [4.78, 5) is 16.1. The summed E-state index contributed by atoms with van der Waals surface area (Å²) in [7, 11) is 0. The summed E-state index contributed by atoms with van der Waals surface area (Å²) in [6.45, 7) is 3.88. The van der Waals surface area contributed by atoms with Gasteiger partial charge in [-0.2, -0.15) is 0 Å². The minimum atomic E-state index is -0.676. The molecule has 0 aliphatic carbocycles. The second kappa shape index (κ2) is 7.15. The lowest BCUT2D eigenvalue weighted by Crippen LogP contribution is -2.31. The van der Waals surface area contributed by atoms with E-state index in [0.29, 0.717) is 6.42 Å². The standard InChI is InChI=1S/C20H20FNO3/c1-12-9-13(2)22-20(14-3-5-15(21)6-4-14)18(12)8-7-17-10-16(23)11-19(24)25-17/h3-9,16-17,23H,10-11H2,1-2H3/b8-7+/t16-,17-/m1/s1. The molecule has 2 atom stereocenters. The zero-order valence-electron chi connectivity index (χ0n) is 14.2. The van der Waals surface area contributed by atoms with Gasteiger partial charge in [-0.1, -0.05) is 6.08 Å². The van der Waals surface area contributed by atoms with Crippen LogP contribution in [0, 0.1) is 19.7 Å². The lowest BCUT2D eigenvalue weighted by atomic mass is 9.98. The summed E-state index contributed by atoms with van der Waals surface area (Å²) in [5, 5.41) is 9.71. The molecule has 0 bridgehead atoms. The fourth-order valence-electron chi connectivity index (χ4n) is 3.02. The molecule has 1 aromatic heterocycles. The van der Waals surface area contributed by atoms with Gasteiger partial charge >= 0.3 is 5.97 Å². The van der Waals surface area contributed by atoms with Crippen LogP contribution in [0.3, 0.4) is 0 Å². The monoisotopic (exact) mass is 341 g/mol. The van der Waals surface area contributed by atoms with Crippen molar-refractivity contribution in [3.05, 3.63) is 59.0 Å². The Bertz CT molecular complexity index is 814. The van der Waals surface area contributed by atoms with Crippen molar-refractivity contribution in [3.8, 4) is 11.3 Å². The number of carbonyl (C=O) groups is 1. The molecule has 2 aromatic rings. The summed E-state index contributed by atoms with van der Waals surface area (Å²) < 4.78 is 18.5. The highest BCUT2D eigenvalue weighted by molar-refractivity contribution is 5.75. The highest BCUT2D eigenvalue weighted by Crippen LogP contribution is 2.27. The number of hydrogen-bond acceptors (Lipinski definition) is 4. The predicted molar refractivity (Wildman–Crippen MR) is 93.3 cm³/mol. The van der Waals surface area contributed by atoms with Crippen LogP contribution in [-0.2, 0) is 9.53 Å². The van der Waals surface area contributed by atoms with Crippen molar-refractivity contribution >= 4 is 12.0 Å². The van der Waals surface area contributed by atoms with E-state index < -0.39 is 18.2 Å². The molecule has 1 aliphatic heterocycles. The number of aliphatic hydroxyl groups is 1. The maximum atomic E-state index is 13.2. The zero-order chi connectivity index (χ0) is 18.0. The number of nitrogens with zero attached hydrogens (tertiary/aromatic N) is 1. The second-order valence-electron chi connectivity index (χ2n) is 6.33. The number of aliphatic hydroxyl groups excluding tert-OH is 1. The third-order valence-electron chi connectivity index (χ3n) is 4.18. The number of aromatic nitrogens is 1. The van der Waals surface area contributed by atoms with Crippen LogP contribution >= 0.6 is 0 Å². The molecule has 0 spiro atoms. The van der Waals surface area contributed by atoms with E-state index >= 15 is 0 Å². The maximum Gasteiger partial charge on any atom is 0.309 e. The number of halogens is 1. The highest BCUT2D eigenvalue weighted by atomic mass is 19.1. The summed E-state index contributed by atoms with van der Waals surface area (Å²) in [6.07, 6.45) is 2.91. The Morgan fingerprint density at radius 2 is 2.00 bits per heavy atom. The van der Waals surface area contributed by atoms with Gasteiger partial charge in [0.05, 0.1) is 18.2 Å². The lowest BCUT2D eigenvalue weighted by Gasteiger charge is -2.23. The van der Waals surface area contributed by atoms with Crippen molar-refractivity contribution in [2.45, 2.75) is 38.9 Å². The molecule has 0 saturated carbocycles. The molecule has 3 rings (SSSR count). The van der Waals surface area contributed by atoms with E-state index in [2.05, 4.69) is 4.98 Å². The molecule has 1 aliphatic rings. The quantitative estimate of drug-likeness (QED) is 0.867. The molecule has 1 saturated heterocycles. The first-order valence-electron chi connectivity index (χ1n) is 8.22. The molecule has 5 heteroatoms. The Labute approximate surface area is 146 Å². The van der Waals surface area contributed by atoms with Crippen molar-refractivity contribution in [1.82, 2.24) is 4.98 Å². The third kappa shape index (κ3) is 4.12. The van der Waals surface area contributed by atoms with Gasteiger partial charge in [0.15, 0.2) is 0 Å². The van der Waals surface area contributed by atoms with Gasteiger partial charge in [0.2, 0.25) is 0 Å². The highest BCUT2D eigenvalue weighted by Gasteiger charge is 2.25. The van der Waals surface area contributed by atoms with Crippen molar-refractivity contribution in [1.29, 1.82) is 0 Å². The normalized spacial score (nSPS) is 20.7. The minimum Gasteiger partial charge on any atom is -0.458 e. The number of ether oxygens (including phenoxy) is 1. The Hall–Kier alpha value is -2.53. The average molecular weight is 341 g/mol. The van der Waals surface area contributed by atoms with Gasteiger partial charge in [-0.15, -0.1) is 0 Å². The van der Waals surface area contributed by atoms with E-state index in [0.717, 1.165) is 28.1 Å². The SMILES string of the molecule is Cc1cc(C)c(/C=C/[C@@H]2C[C@@H](O)CC(=O)O2)c(-c2ccc(F)cc2)n1. The third-order valence-corrected chi connectivity index (χ3v) is 4.18. The van der Waals surface area contributed by atoms with Gasteiger partial charge < -0.3 is 9.84 Å². The van der Waals surface area contributed by atoms with Gasteiger partial charge in [-0.05, 0) is 55.8 Å². The van der Waals surface area contributed by atoms with Crippen LogP contribution in [0.2, 0.25) is 0 Å². The van der Waals surface area contributed by atoms with Gasteiger partial charge in [-0.25, -0.2) is 4.39 Å². The first-order chi connectivity index (χ1) is 11.9. The summed E-state index contributed by atoms with van der Waals surface area (Å²) in [5.74, 6) is -0.695. The molecule has 0 amide bonds. The Balaban J connectivity index is 1.96. The summed E-state index contributed by atoms with van der Waals surface area (Å²) in [6, 6.07) is 8.16. The van der Waals surface area contributed by atoms with Crippen LogP contribution in [0.15, 0.2) is 36.4 Å². The Kier molecular flexibility index (Phi) is 4.95. The maximum absolute atomic E-state index is 13.2. The van der Waals surface area contributed by atoms with Crippen molar-refractivity contribution in [2.24, 2.45) is 0 Å². The van der Waals surface area contributed by atoms with Gasteiger partial charge in [-0.3, -0.25) is 9.78 Å². The second-order valence-corrected chi connectivity index (χ2v) is 6.33. The topological polar surface area (TPSA) is 59.4 Å². The summed E-state index contributed by atoms with van der Waals surface area (Å²) >= 11 is 0. The smallest absolute Gasteiger partial charge is 0.309 e. The van der Waals surface area contributed by atoms with E-state index in [-0.39, 0.29) is 12.2 Å². The number of carbonyl (C=O) groups excluding carboxylic acids is 1. The molecule has 25 heavy (non-hydrogen) atoms. The van der Waals surface area contributed by atoms with Crippen LogP contribution in [0.5, 0.6) is 0 Å². The van der Waals surface area contributed by atoms with E-state index in [1.165, 1.54) is 12.1 Å². The van der Waals surface area contributed by atoms with Gasteiger partial charge in [0, 0.05) is 23.2 Å². The number of benzene rings is 1. The van der Waals surface area contributed by atoms with E-state index in [4.69, 9.17) is 4.74 Å². The van der Waals surface area contributed by atoms with Crippen LogP contribution in [0.25, 0.3) is 17.3 Å².